The number of urea groups is 1. The van der Waals surface area contributed by atoms with Gasteiger partial charge in [-0.2, -0.15) is 0 Å². The number of pyridine rings is 1. The van der Waals surface area contributed by atoms with Gasteiger partial charge < -0.3 is 15.0 Å². The van der Waals surface area contributed by atoms with Crippen molar-refractivity contribution < 1.29 is 13.9 Å². The smallest absolute Gasteiger partial charge is 0.321 e. The van der Waals surface area contributed by atoms with Gasteiger partial charge in [-0.1, -0.05) is 18.2 Å². The Morgan fingerprint density at radius 1 is 1.15 bits per heavy atom. The van der Waals surface area contributed by atoms with Crippen molar-refractivity contribution in [3.05, 3.63) is 66.6 Å². The Kier molecular flexibility index (Phi) is 4.39. The molecule has 132 valence electrons. The number of ether oxygens (including phenoxy) is 1. The van der Waals surface area contributed by atoms with Crippen molar-refractivity contribution in [2.75, 3.05) is 18.4 Å². The average molecular weight is 351 g/mol. The molecule has 3 aromatic rings. The molecule has 1 saturated heterocycles. The van der Waals surface area contributed by atoms with Crippen molar-refractivity contribution in [1.82, 2.24) is 9.88 Å². The number of amides is 2. The normalized spacial score (nSPS) is 16.7. The molecular formula is C20H18FN3O2. The number of nitrogens with zero attached hydrogens (tertiary/aromatic N) is 2. The molecule has 4 rings (SSSR count). The number of halogens is 1. The summed E-state index contributed by atoms with van der Waals surface area (Å²) in [4.78, 5) is 18.5. The summed E-state index contributed by atoms with van der Waals surface area (Å²) in [6.45, 7) is 1.10. The third-order valence-electron chi connectivity index (χ3n) is 4.42. The van der Waals surface area contributed by atoms with Crippen molar-refractivity contribution in [1.29, 1.82) is 0 Å². The summed E-state index contributed by atoms with van der Waals surface area (Å²) in [5.74, 6) is 0.398. The summed E-state index contributed by atoms with van der Waals surface area (Å²) in [5, 5.41) is 3.80. The van der Waals surface area contributed by atoms with Crippen LogP contribution in [0.3, 0.4) is 0 Å². The molecule has 1 aliphatic rings. The van der Waals surface area contributed by atoms with E-state index in [1.165, 1.54) is 12.1 Å². The number of benzene rings is 2. The highest BCUT2D eigenvalue weighted by molar-refractivity contribution is 5.89. The molecule has 0 spiro atoms. The second kappa shape index (κ2) is 7.00. The van der Waals surface area contributed by atoms with E-state index in [-0.39, 0.29) is 18.0 Å². The first-order chi connectivity index (χ1) is 12.7. The highest BCUT2D eigenvalue weighted by Gasteiger charge is 2.28. The SMILES string of the molecule is O=C(Nc1ccc(F)cc1)N1CCC(Oc2cccc3cccnc23)C1. The van der Waals surface area contributed by atoms with Crippen molar-refractivity contribution >= 4 is 22.6 Å². The first-order valence-corrected chi connectivity index (χ1v) is 8.51. The summed E-state index contributed by atoms with van der Waals surface area (Å²) in [6.07, 6.45) is 2.41. The Bertz CT molecular complexity index is 924. The quantitative estimate of drug-likeness (QED) is 0.774. The lowest BCUT2D eigenvalue weighted by atomic mass is 10.2. The van der Waals surface area contributed by atoms with E-state index in [1.54, 1.807) is 23.2 Å². The van der Waals surface area contributed by atoms with E-state index in [1.807, 2.05) is 30.3 Å². The van der Waals surface area contributed by atoms with Gasteiger partial charge in [-0.05, 0) is 36.4 Å². The van der Waals surface area contributed by atoms with Crippen LogP contribution >= 0.6 is 0 Å². The minimum absolute atomic E-state index is 0.0819. The number of hydrogen-bond acceptors (Lipinski definition) is 3. The number of aromatic nitrogens is 1. The summed E-state index contributed by atoms with van der Waals surface area (Å²) in [5.41, 5.74) is 1.39. The van der Waals surface area contributed by atoms with E-state index in [9.17, 15) is 9.18 Å². The predicted molar refractivity (Wildman–Crippen MR) is 97.8 cm³/mol. The third-order valence-corrected chi connectivity index (χ3v) is 4.42. The molecule has 1 aliphatic heterocycles. The zero-order chi connectivity index (χ0) is 17.9. The van der Waals surface area contributed by atoms with E-state index >= 15 is 0 Å². The number of rotatable bonds is 3. The molecule has 2 heterocycles. The molecule has 26 heavy (non-hydrogen) atoms. The summed E-state index contributed by atoms with van der Waals surface area (Å²) in [6, 6.07) is 15.2. The molecule has 1 fully saturated rings. The lowest BCUT2D eigenvalue weighted by Crippen LogP contribution is -2.34. The van der Waals surface area contributed by atoms with E-state index in [0.717, 1.165) is 23.1 Å². The van der Waals surface area contributed by atoms with Crippen LogP contribution in [0.25, 0.3) is 10.9 Å². The molecule has 5 nitrogen and oxygen atoms in total. The van der Waals surface area contributed by atoms with Gasteiger partial charge in [-0.3, -0.25) is 4.98 Å². The second-order valence-corrected chi connectivity index (χ2v) is 6.24. The number of anilines is 1. The molecule has 2 amide bonds. The Hall–Kier alpha value is -3.15. The Labute approximate surface area is 150 Å². The minimum Gasteiger partial charge on any atom is -0.486 e. The molecule has 0 bridgehead atoms. The Morgan fingerprint density at radius 2 is 1.96 bits per heavy atom. The van der Waals surface area contributed by atoms with E-state index < -0.39 is 0 Å². The average Bonchev–Trinajstić information content (AvgIpc) is 3.13. The number of carbonyl (C=O) groups excluding carboxylic acids is 1. The van der Waals surface area contributed by atoms with Gasteiger partial charge in [0.15, 0.2) is 0 Å². The first-order valence-electron chi connectivity index (χ1n) is 8.51. The number of hydrogen-bond donors (Lipinski definition) is 1. The molecule has 1 aromatic heterocycles. The van der Waals surface area contributed by atoms with Gasteiger partial charge in [-0.25, -0.2) is 9.18 Å². The Morgan fingerprint density at radius 3 is 2.81 bits per heavy atom. The molecule has 0 saturated carbocycles. The number of nitrogens with one attached hydrogen (secondary N) is 1. The van der Waals surface area contributed by atoms with Crippen LogP contribution in [0.5, 0.6) is 5.75 Å². The fraction of sp³-hybridized carbons (Fsp3) is 0.200. The largest absolute Gasteiger partial charge is 0.486 e. The molecule has 2 aromatic carbocycles. The number of likely N-dealkylation sites (tertiary alicyclic amines) is 1. The van der Waals surface area contributed by atoms with E-state index in [0.29, 0.717) is 18.8 Å². The minimum atomic E-state index is -0.332. The number of fused-ring (bicyclic) bond motifs is 1. The molecule has 0 aliphatic carbocycles. The first kappa shape index (κ1) is 16.3. The standard InChI is InChI=1S/C20H18FN3O2/c21-15-6-8-16(9-7-15)23-20(25)24-12-10-17(13-24)26-18-5-1-3-14-4-2-11-22-19(14)18/h1-9,11,17H,10,12-13H2,(H,23,25). The van der Waals surface area contributed by atoms with Crippen LogP contribution < -0.4 is 10.1 Å². The van der Waals surface area contributed by atoms with Crippen LogP contribution in [0.2, 0.25) is 0 Å². The van der Waals surface area contributed by atoms with Crippen LogP contribution in [0, 0.1) is 5.82 Å². The zero-order valence-electron chi connectivity index (χ0n) is 14.1. The maximum Gasteiger partial charge on any atom is 0.321 e. The number of para-hydroxylation sites is 1. The molecule has 1 unspecified atom stereocenters. The molecular weight excluding hydrogens is 333 g/mol. The second-order valence-electron chi connectivity index (χ2n) is 6.24. The fourth-order valence-corrected chi connectivity index (χ4v) is 3.10. The Balaban J connectivity index is 1.40. The van der Waals surface area contributed by atoms with Crippen LogP contribution in [0.15, 0.2) is 60.8 Å². The van der Waals surface area contributed by atoms with Crippen LogP contribution in [-0.4, -0.2) is 35.1 Å². The van der Waals surface area contributed by atoms with Crippen molar-refractivity contribution in [2.45, 2.75) is 12.5 Å². The molecule has 1 atom stereocenters. The van der Waals surface area contributed by atoms with Crippen molar-refractivity contribution in [3.8, 4) is 5.75 Å². The lowest BCUT2D eigenvalue weighted by Gasteiger charge is -2.18. The van der Waals surface area contributed by atoms with Crippen LogP contribution in [0.4, 0.5) is 14.9 Å². The highest BCUT2D eigenvalue weighted by atomic mass is 19.1. The number of carbonyl (C=O) groups is 1. The van der Waals surface area contributed by atoms with Gasteiger partial charge in [0.05, 0.1) is 6.54 Å². The van der Waals surface area contributed by atoms with Gasteiger partial charge in [0.25, 0.3) is 0 Å². The van der Waals surface area contributed by atoms with Gasteiger partial charge in [-0.15, -0.1) is 0 Å². The predicted octanol–water partition coefficient (Wildman–Crippen LogP) is 4.06. The fourth-order valence-electron chi connectivity index (χ4n) is 3.10. The van der Waals surface area contributed by atoms with Gasteiger partial charge in [0.2, 0.25) is 0 Å². The summed E-state index contributed by atoms with van der Waals surface area (Å²) >= 11 is 0. The van der Waals surface area contributed by atoms with Crippen LogP contribution in [0.1, 0.15) is 6.42 Å². The van der Waals surface area contributed by atoms with E-state index in [2.05, 4.69) is 10.3 Å². The monoisotopic (exact) mass is 351 g/mol. The van der Waals surface area contributed by atoms with Crippen LogP contribution in [-0.2, 0) is 0 Å². The van der Waals surface area contributed by atoms with Crippen molar-refractivity contribution in [3.63, 3.8) is 0 Å². The topological polar surface area (TPSA) is 54.5 Å². The van der Waals surface area contributed by atoms with Gasteiger partial charge in [0.1, 0.15) is 23.2 Å². The molecule has 1 N–H and O–H groups in total. The summed E-state index contributed by atoms with van der Waals surface area (Å²) < 4.78 is 19.1. The van der Waals surface area contributed by atoms with E-state index in [4.69, 9.17) is 4.74 Å². The maximum absolute atomic E-state index is 12.9. The summed E-state index contributed by atoms with van der Waals surface area (Å²) in [7, 11) is 0. The molecule has 0 radical (unpaired) electrons. The zero-order valence-corrected chi connectivity index (χ0v) is 14.1. The van der Waals surface area contributed by atoms with Gasteiger partial charge >= 0.3 is 6.03 Å². The highest BCUT2D eigenvalue weighted by Crippen LogP contribution is 2.26. The molecule has 6 heteroatoms. The maximum atomic E-state index is 12.9. The lowest BCUT2D eigenvalue weighted by molar-refractivity contribution is 0.196. The van der Waals surface area contributed by atoms with Crippen molar-refractivity contribution in [2.24, 2.45) is 0 Å². The third kappa shape index (κ3) is 3.44. The van der Waals surface area contributed by atoms with Gasteiger partial charge in [0, 0.05) is 30.2 Å².